The molecule has 0 bridgehead atoms. The standard InChI is InChI=1S/C30H42FN5O7S/c1-29(2,3)43-28(40)36(27(32)39)24-12-9-7-5-6-8-11-20-19-30(20,33-25(37)23-13-10-18-35(23)26(24)38)44(41,42)34(4)22-16-14-21(31)15-17-22/h8,11,14-17,20,23-24H,5-7,9-10,12-13,18-19H2,1-4H3,(H2,32,39)(H,33,37)/b11-8-/t20-,23+,24+,30-/m1/s1. The highest BCUT2D eigenvalue weighted by molar-refractivity contribution is 7.94. The van der Waals surface area contributed by atoms with Crippen LogP contribution in [0.3, 0.4) is 0 Å². The first-order valence-electron chi connectivity index (χ1n) is 14.9. The molecule has 0 unspecified atom stereocenters. The Bertz CT molecular complexity index is 1410. The quantitative estimate of drug-likeness (QED) is 0.478. The zero-order valence-electron chi connectivity index (χ0n) is 25.6. The maximum Gasteiger partial charge on any atom is 0.419 e. The van der Waals surface area contributed by atoms with E-state index in [4.69, 9.17) is 10.5 Å². The molecule has 242 valence electrons. The molecule has 1 aromatic carbocycles. The van der Waals surface area contributed by atoms with Gasteiger partial charge in [-0.05, 0) is 83.6 Å². The summed E-state index contributed by atoms with van der Waals surface area (Å²) >= 11 is 0. The number of primary amides is 1. The minimum atomic E-state index is -4.21. The van der Waals surface area contributed by atoms with Gasteiger partial charge in [-0.15, -0.1) is 0 Å². The lowest BCUT2D eigenvalue weighted by atomic mass is 10.0. The second kappa shape index (κ2) is 12.7. The fourth-order valence-corrected chi connectivity index (χ4v) is 7.87. The second-order valence-corrected chi connectivity index (χ2v) is 14.8. The van der Waals surface area contributed by atoms with Gasteiger partial charge >= 0.3 is 12.1 Å². The van der Waals surface area contributed by atoms with Gasteiger partial charge in [0.1, 0.15) is 23.5 Å². The number of fused-ring (bicyclic) bond motifs is 2. The first kappa shape index (κ1) is 33.2. The molecule has 14 heteroatoms. The number of hydrogen-bond acceptors (Lipinski definition) is 7. The van der Waals surface area contributed by atoms with E-state index in [9.17, 15) is 32.0 Å². The first-order chi connectivity index (χ1) is 20.6. The van der Waals surface area contributed by atoms with Crippen LogP contribution < -0.4 is 15.4 Å². The number of nitrogens with zero attached hydrogens (tertiary/aromatic N) is 3. The Hall–Kier alpha value is -3.68. The number of hydrogen-bond donors (Lipinski definition) is 2. The zero-order valence-corrected chi connectivity index (χ0v) is 26.4. The fourth-order valence-electron chi connectivity index (χ4n) is 5.90. The van der Waals surface area contributed by atoms with Crippen LogP contribution in [0.1, 0.15) is 72.1 Å². The number of carbonyl (C=O) groups is 4. The van der Waals surface area contributed by atoms with E-state index >= 15 is 0 Å². The van der Waals surface area contributed by atoms with Crippen LogP contribution in [0.15, 0.2) is 36.4 Å². The number of carbonyl (C=O) groups excluding carboxylic acids is 4. The van der Waals surface area contributed by atoms with E-state index in [2.05, 4.69) is 5.32 Å². The molecule has 4 atom stereocenters. The number of ether oxygens (including phenoxy) is 1. The average molecular weight is 636 g/mol. The van der Waals surface area contributed by atoms with Gasteiger partial charge in [0.2, 0.25) is 11.8 Å². The topological polar surface area (TPSA) is 159 Å². The van der Waals surface area contributed by atoms with Crippen molar-refractivity contribution in [2.45, 2.75) is 94.7 Å². The fraction of sp³-hybridized carbons (Fsp3) is 0.600. The summed E-state index contributed by atoms with van der Waals surface area (Å²) < 4.78 is 48.0. The number of halogens is 1. The lowest BCUT2D eigenvalue weighted by molar-refractivity contribution is -0.142. The van der Waals surface area contributed by atoms with Gasteiger partial charge in [-0.1, -0.05) is 25.0 Å². The second-order valence-electron chi connectivity index (χ2n) is 12.6. The predicted molar refractivity (Wildman–Crippen MR) is 161 cm³/mol. The molecule has 0 radical (unpaired) electrons. The molecule has 1 aromatic rings. The van der Waals surface area contributed by atoms with Gasteiger partial charge in [0.05, 0.1) is 5.69 Å². The molecule has 2 aliphatic heterocycles. The molecule has 5 amide bonds. The lowest BCUT2D eigenvalue weighted by Crippen LogP contribution is -2.59. The van der Waals surface area contributed by atoms with Crippen molar-refractivity contribution >= 4 is 39.6 Å². The summed E-state index contributed by atoms with van der Waals surface area (Å²) in [5.41, 5.74) is 4.88. The Kier molecular flexibility index (Phi) is 9.62. The molecule has 44 heavy (non-hydrogen) atoms. The Labute approximate surface area is 257 Å². The number of urea groups is 1. The van der Waals surface area contributed by atoms with E-state index in [1.165, 1.54) is 24.1 Å². The number of amides is 5. The van der Waals surface area contributed by atoms with Crippen molar-refractivity contribution in [2.75, 3.05) is 17.9 Å². The summed E-state index contributed by atoms with van der Waals surface area (Å²) in [6.07, 6.45) is 6.08. The Morgan fingerprint density at radius 2 is 1.77 bits per heavy atom. The normalized spacial score (nSPS) is 27.1. The molecule has 2 fully saturated rings. The van der Waals surface area contributed by atoms with Crippen LogP contribution in [-0.2, 0) is 24.3 Å². The number of anilines is 1. The Morgan fingerprint density at radius 1 is 1.09 bits per heavy atom. The van der Waals surface area contributed by atoms with Crippen LogP contribution in [-0.4, -0.2) is 78.3 Å². The maximum atomic E-state index is 14.0. The highest BCUT2D eigenvalue weighted by atomic mass is 32.2. The molecule has 2 heterocycles. The molecular formula is C30H42FN5O7S. The number of benzene rings is 1. The maximum absolute atomic E-state index is 14.0. The molecule has 1 aliphatic carbocycles. The van der Waals surface area contributed by atoms with E-state index in [0.717, 1.165) is 16.4 Å². The van der Waals surface area contributed by atoms with Gasteiger partial charge in [0.15, 0.2) is 4.87 Å². The van der Waals surface area contributed by atoms with E-state index in [1.807, 2.05) is 6.08 Å². The number of imide groups is 1. The average Bonchev–Trinajstić information content (AvgIpc) is 3.41. The van der Waals surface area contributed by atoms with E-state index in [0.29, 0.717) is 37.0 Å². The zero-order chi connectivity index (χ0) is 32.4. The summed E-state index contributed by atoms with van der Waals surface area (Å²) in [5.74, 6) is -2.31. The van der Waals surface area contributed by atoms with Crippen molar-refractivity contribution in [3.63, 3.8) is 0 Å². The van der Waals surface area contributed by atoms with Gasteiger partial charge in [-0.2, -0.15) is 0 Å². The third kappa shape index (κ3) is 6.84. The Balaban J connectivity index is 1.67. The third-order valence-corrected chi connectivity index (χ3v) is 10.7. The summed E-state index contributed by atoms with van der Waals surface area (Å²) in [5, 5.41) is 2.77. The van der Waals surface area contributed by atoms with Gasteiger partial charge < -0.3 is 20.7 Å². The van der Waals surface area contributed by atoms with E-state index in [-0.39, 0.29) is 31.5 Å². The molecule has 0 aromatic heterocycles. The number of sulfonamides is 1. The molecule has 0 spiro atoms. The summed E-state index contributed by atoms with van der Waals surface area (Å²) in [7, 11) is -2.86. The molecule has 4 rings (SSSR count). The SMILES string of the molecule is CN(c1ccc(F)cc1)S(=O)(=O)[C@]12C[C@H]1/C=C\CCCCC[C@H](N(C(N)=O)C(=O)OC(C)(C)C)C(=O)N1CCC[C@H]1C(=O)N2. The van der Waals surface area contributed by atoms with Crippen LogP contribution in [0.4, 0.5) is 19.7 Å². The molecule has 3 aliphatic rings. The van der Waals surface area contributed by atoms with E-state index < -0.39 is 68.3 Å². The van der Waals surface area contributed by atoms with Gasteiger partial charge in [-0.25, -0.2) is 27.3 Å². The minimum absolute atomic E-state index is 0.124. The van der Waals surface area contributed by atoms with Crippen molar-refractivity contribution in [1.29, 1.82) is 0 Å². The van der Waals surface area contributed by atoms with Crippen LogP contribution in [0.5, 0.6) is 0 Å². The molecular weight excluding hydrogens is 593 g/mol. The number of nitrogens with two attached hydrogens (primary N) is 1. The smallest absolute Gasteiger partial charge is 0.419 e. The van der Waals surface area contributed by atoms with Crippen molar-refractivity contribution in [3.05, 3.63) is 42.2 Å². The van der Waals surface area contributed by atoms with Crippen LogP contribution in [0.2, 0.25) is 0 Å². The van der Waals surface area contributed by atoms with Gasteiger partial charge in [-0.3, -0.25) is 13.9 Å². The van der Waals surface area contributed by atoms with Crippen molar-refractivity contribution in [3.8, 4) is 0 Å². The van der Waals surface area contributed by atoms with E-state index in [1.54, 1.807) is 26.8 Å². The highest BCUT2D eigenvalue weighted by Gasteiger charge is 2.66. The summed E-state index contributed by atoms with van der Waals surface area (Å²) in [4.78, 5) is 53.8. The monoisotopic (exact) mass is 635 g/mol. The number of rotatable bonds is 4. The summed E-state index contributed by atoms with van der Waals surface area (Å²) in [6.45, 7) is 5.05. The molecule has 1 saturated heterocycles. The van der Waals surface area contributed by atoms with Crippen molar-refractivity contribution < 1.29 is 36.7 Å². The largest absolute Gasteiger partial charge is 0.443 e. The minimum Gasteiger partial charge on any atom is -0.443 e. The lowest BCUT2D eigenvalue weighted by Gasteiger charge is -2.35. The van der Waals surface area contributed by atoms with Crippen molar-refractivity contribution in [2.24, 2.45) is 11.7 Å². The van der Waals surface area contributed by atoms with Crippen LogP contribution >= 0.6 is 0 Å². The third-order valence-electron chi connectivity index (χ3n) is 8.29. The highest BCUT2D eigenvalue weighted by Crippen LogP contribution is 2.51. The molecule has 1 saturated carbocycles. The summed E-state index contributed by atoms with van der Waals surface area (Å²) in [6, 6.07) is 1.53. The van der Waals surface area contributed by atoms with Gasteiger partial charge in [0, 0.05) is 19.5 Å². The number of allylic oxidation sites excluding steroid dienone is 1. The first-order valence-corrected chi connectivity index (χ1v) is 16.4. The van der Waals surface area contributed by atoms with Gasteiger partial charge in [0.25, 0.3) is 10.0 Å². The molecule has 3 N–H and O–H groups in total. The van der Waals surface area contributed by atoms with Crippen molar-refractivity contribution in [1.82, 2.24) is 15.1 Å². The van der Waals surface area contributed by atoms with Crippen LogP contribution in [0, 0.1) is 11.7 Å². The Morgan fingerprint density at radius 3 is 2.41 bits per heavy atom. The number of nitrogens with one attached hydrogen (secondary N) is 1. The molecule has 12 nitrogen and oxygen atoms in total. The predicted octanol–water partition coefficient (Wildman–Crippen LogP) is 3.62. The van der Waals surface area contributed by atoms with Crippen LogP contribution in [0.25, 0.3) is 0 Å².